The Morgan fingerprint density at radius 1 is 1.12 bits per heavy atom. The fraction of sp³-hybridized carbons (Fsp3) is 0.316. The van der Waals surface area contributed by atoms with Gasteiger partial charge in [0, 0.05) is 24.9 Å². The number of hydrogen-bond acceptors (Lipinski definition) is 6. The molecule has 1 atom stereocenters. The molecule has 1 saturated heterocycles. The second-order valence-electron chi connectivity index (χ2n) is 6.24. The van der Waals surface area contributed by atoms with Gasteiger partial charge in [-0.2, -0.15) is 4.98 Å². The van der Waals surface area contributed by atoms with E-state index in [1.807, 2.05) is 43.3 Å². The molecule has 3 heterocycles. The van der Waals surface area contributed by atoms with Crippen LogP contribution in [0.25, 0.3) is 22.8 Å². The number of rotatable bonds is 5. The van der Waals surface area contributed by atoms with Crippen molar-refractivity contribution < 1.29 is 9.26 Å². The molecule has 0 radical (unpaired) electrons. The van der Waals surface area contributed by atoms with Gasteiger partial charge in [0.15, 0.2) is 0 Å². The normalized spacial score (nSPS) is 16.9. The minimum absolute atomic E-state index is 0.287. The number of anilines is 1. The Labute approximate surface area is 146 Å². The van der Waals surface area contributed by atoms with Crippen LogP contribution in [0.3, 0.4) is 0 Å². The predicted molar refractivity (Wildman–Crippen MR) is 95.2 cm³/mol. The van der Waals surface area contributed by atoms with Crippen LogP contribution in [0.15, 0.2) is 47.1 Å². The molecular weight excluding hydrogens is 316 g/mol. The van der Waals surface area contributed by atoms with Gasteiger partial charge in [-0.05, 0) is 31.9 Å². The number of benzene rings is 1. The molecule has 0 aliphatic carbocycles. The van der Waals surface area contributed by atoms with Gasteiger partial charge in [0.25, 0.3) is 5.89 Å². The van der Waals surface area contributed by atoms with Crippen molar-refractivity contribution in [3.63, 3.8) is 0 Å². The van der Waals surface area contributed by atoms with Crippen molar-refractivity contribution in [3.05, 3.63) is 48.2 Å². The van der Waals surface area contributed by atoms with Crippen LogP contribution in [0.2, 0.25) is 0 Å². The summed E-state index contributed by atoms with van der Waals surface area (Å²) in [5.74, 6) is 1.86. The Morgan fingerprint density at radius 3 is 2.68 bits per heavy atom. The van der Waals surface area contributed by atoms with E-state index in [2.05, 4.69) is 20.4 Å². The Kier molecular flexibility index (Phi) is 4.43. The maximum Gasteiger partial charge on any atom is 0.259 e. The maximum absolute atomic E-state index is 5.60. The minimum Gasteiger partial charge on any atom is -0.376 e. The lowest BCUT2D eigenvalue weighted by atomic mass is 10.1. The molecule has 4 rings (SSSR count). The molecule has 3 aromatic rings. The van der Waals surface area contributed by atoms with Gasteiger partial charge in [-0.15, -0.1) is 0 Å². The molecule has 0 saturated carbocycles. The van der Waals surface area contributed by atoms with Gasteiger partial charge < -0.3 is 14.6 Å². The van der Waals surface area contributed by atoms with E-state index in [1.165, 1.54) is 5.56 Å². The van der Waals surface area contributed by atoms with E-state index in [9.17, 15) is 0 Å². The van der Waals surface area contributed by atoms with Crippen molar-refractivity contribution in [3.8, 4) is 22.8 Å². The molecule has 0 spiro atoms. The lowest BCUT2D eigenvalue weighted by Crippen LogP contribution is -2.18. The summed E-state index contributed by atoms with van der Waals surface area (Å²) in [6, 6.07) is 11.9. The zero-order chi connectivity index (χ0) is 17.1. The minimum atomic E-state index is 0.287. The Hall–Kier alpha value is -2.73. The highest BCUT2D eigenvalue weighted by atomic mass is 16.5. The predicted octanol–water partition coefficient (Wildman–Crippen LogP) is 3.70. The molecule has 1 aliphatic rings. The highest BCUT2D eigenvalue weighted by Gasteiger charge is 2.15. The first-order valence-corrected chi connectivity index (χ1v) is 8.50. The number of hydrogen-bond donors (Lipinski definition) is 1. The molecule has 1 aromatic carbocycles. The lowest BCUT2D eigenvalue weighted by molar-refractivity contribution is 0.120. The van der Waals surface area contributed by atoms with Crippen molar-refractivity contribution in [2.45, 2.75) is 25.9 Å². The molecule has 0 amide bonds. The molecule has 6 heteroatoms. The summed E-state index contributed by atoms with van der Waals surface area (Å²) in [6.07, 6.45) is 4.27. The van der Waals surface area contributed by atoms with E-state index in [0.717, 1.165) is 42.9 Å². The van der Waals surface area contributed by atoms with Gasteiger partial charge in [-0.25, -0.2) is 4.98 Å². The van der Waals surface area contributed by atoms with Crippen molar-refractivity contribution in [2.75, 3.05) is 18.5 Å². The topological polar surface area (TPSA) is 73.1 Å². The Morgan fingerprint density at radius 2 is 1.96 bits per heavy atom. The van der Waals surface area contributed by atoms with Gasteiger partial charge in [-0.3, -0.25) is 0 Å². The smallest absolute Gasteiger partial charge is 0.259 e. The summed E-state index contributed by atoms with van der Waals surface area (Å²) in [5, 5.41) is 7.36. The summed E-state index contributed by atoms with van der Waals surface area (Å²) < 4.78 is 11.0. The average Bonchev–Trinajstić information content (AvgIpc) is 3.33. The van der Waals surface area contributed by atoms with Crippen LogP contribution >= 0.6 is 0 Å². The summed E-state index contributed by atoms with van der Waals surface area (Å²) >= 11 is 0. The molecule has 1 aliphatic heterocycles. The van der Waals surface area contributed by atoms with Crippen LogP contribution in [-0.4, -0.2) is 34.4 Å². The zero-order valence-electron chi connectivity index (χ0n) is 14.1. The van der Waals surface area contributed by atoms with E-state index < -0.39 is 0 Å². The summed E-state index contributed by atoms with van der Waals surface area (Å²) in [6.45, 7) is 3.69. The summed E-state index contributed by atoms with van der Waals surface area (Å²) in [4.78, 5) is 8.88. The third-order valence-corrected chi connectivity index (χ3v) is 4.28. The van der Waals surface area contributed by atoms with Gasteiger partial charge in [-0.1, -0.05) is 35.0 Å². The number of nitrogens with zero attached hydrogens (tertiary/aromatic N) is 3. The first kappa shape index (κ1) is 15.8. The second kappa shape index (κ2) is 7.03. The first-order chi connectivity index (χ1) is 12.3. The van der Waals surface area contributed by atoms with Gasteiger partial charge in [0.1, 0.15) is 5.82 Å². The second-order valence-corrected chi connectivity index (χ2v) is 6.24. The van der Waals surface area contributed by atoms with Crippen LogP contribution in [0.4, 0.5) is 5.82 Å². The monoisotopic (exact) mass is 336 g/mol. The van der Waals surface area contributed by atoms with Gasteiger partial charge in [0.2, 0.25) is 5.82 Å². The number of aryl methyl sites for hydroxylation is 1. The largest absolute Gasteiger partial charge is 0.376 e. The van der Waals surface area contributed by atoms with Crippen molar-refractivity contribution >= 4 is 5.82 Å². The number of aromatic nitrogens is 3. The standard InChI is InChI=1S/C19H20N4O2/c1-13-4-6-14(7-5-13)18-22-19(25-23-18)15-8-9-17(20-11-15)21-12-16-3-2-10-24-16/h4-9,11,16H,2-3,10,12H2,1H3,(H,20,21)/t16-/m0/s1. The summed E-state index contributed by atoms with van der Waals surface area (Å²) in [7, 11) is 0. The average molecular weight is 336 g/mol. The molecule has 25 heavy (non-hydrogen) atoms. The third-order valence-electron chi connectivity index (χ3n) is 4.28. The molecule has 2 aromatic heterocycles. The number of nitrogens with one attached hydrogen (secondary N) is 1. The molecule has 1 N–H and O–H groups in total. The molecule has 128 valence electrons. The maximum atomic E-state index is 5.60. The van der Waals surface area contributed by atoms with E-state index >= 15 is 0 Å². The van der Waals surface area contributed by atoms with Crippen LogP contribution in [-0.2, 0) is 4.74 Å². The summed E-state index contributed by atoms with van der Waals surface area (Å²) in [5.41, 5.74) is 2.93. The molecule has 1 fully saturated rings. The third kappa shape index (κ3) is 3.69. The van der Waals surface area contributed by atoms with Crippen LogP contribution in [0, 0.1) is 6.92 Å². The molecular formula is C19H20N4O2. The molecule has 0 bridgehead atoms. The zero-order valence-corrected chi connectivity index (χ0v) is 14.1. The Balaban J connectivity index is 1.44. The number of ether oxygens (including phenoxy) is 1. The van der Waals surface area contributed by atoms with Gasteiger partial charge >= 0.3 is 0 Å². The van der Waals surface area contributed by atoms with Crippen LogP contribution in [0.5, 0.6) is 0 Å². The van der Waals surface area contributed by atoms with E-state index in [-0.39, 0.29) is 6.10 Å². The number of pyridine rings is 1. The Bertz CT molecular complexity index is 821. The van der Waals surface area contributed by atoms with E-state index in [1.54, 1.807) is 6.20 Å². The molecule has 0 unspecified atom stereocenters. The SMILES string of the molecule is Cc1ccc(-c2noc(-c3ccc(NC[C@@H]4CCCO4)nc3)n2)cc1. The van der Waals surface area contributed by atoms with E-state index in [4.69, 9.17) is 9.26 Å². The fourth-order valence-corrected chi connectivity index (χ4v) is 2.81. The highest BCUT2D eigenvalue weighted by molar-refractivity contribution is 5.60. The highest BCUT2D eigenvalue weighted by Crippen LogP contribution is 2.23. The van der Waals surface area contributed by atoms with Crippen molar-refractivity contribution in [1.29, 1.82) is 0 Å². The molecule has 6 nitrogen and oxygen atoms in total. The van der Waals surface area contributed by atoms with Crippen LogP contribution in [0.1, 0.15) is 18.4 Å². The van der Waals surface area contributed by atoms with Crippen molar-refractivity contribution in [1.82, 2.24) is 15.1 Å². The van der Waals surface area contributed by atoms with E-state index in [0.29, 0.717) is 11.7 Å². The quantitative estimate of drug-likeness (QED) is 0.766. The van der Waals surface area contributed by atoms with Gasteiger partial charge in [0.05, 0.1) is 11.7 Å². The van der Waals surface area contributed by atoms with Crippen molar-refractivity contribution in [2.24, 2.45) is 0 Å². The van der Waals surface area contributed by atoms with Crippen LogP contribution < -0.4 is 5.32 Å². The first-order valence-electron chi connectivity index (χ1n) is 8.50. The fourth-order valence-electron chi connectivity index (χ4n) is 2.81. The lowest BCUT2D eigenvalue weighted by Gasteiger charge is -2.11.